The number of hydrogen-bond donors (Lipinski definition) is 1. The second-order valence-corrected chi connectivity index (χ2v) is 4.44. The minimum atomic E-state index is 0.189. The number of likely N-dealkylation sites (tertiary alicyclic amines) is 1. The maximum absolute atomic E-state index is 11.8. The van der Waals surface area contributed by atoms with E-state index in [0.717, 1.165) is 19.5 Å². The Labute approximate surface area is 91.5 Å². The molecule has 2 unspecified atom stereocenters. The molecule has 0 aromatic carbocycles. The maximum Gasteiger partial charge on any atom is 0.246 e. The van der Waals surface area contributed by atoms with Crippen molar-refractivity contribution in [1.82, 2.24) is 10.2 Å². The molecule has 15 heavy (non-hydrogen) atoms. The van der Waals surface area contributed by atoms with Crippen molar-refractivity contribution in [3.63, 3.8) is 0 Å². The van der Waals surface area contributed by atoms with E-state index in [1.807, 2.05) is 17.9 Å². The standard InChI is InChI=1S/C12H20N2O/c1-2-5-12(15)14-9-4-7-11(14)10-6-3-8-13-10/h2,5,10-11,13H,3-4,6-9H2,1H3. The highest BCUT2D eigenvalue weighted by Gasteiger charge is 2.34. The SMILES string of the molecule is CC=CC(=O)N1CCCC1C1CCCN1. The van der Waals surface area contributed by atoms with E-state index in [0.29, 0.717) is 12.1 Å². The third kappa shape index (κ3) is 2.23. The van der Waals surface area contributed by atoms with Crippen LogP contribution >= 0.6 is 0 Å². The van der Waals surface area contributed by atoms with Gasteiger partial charge < -0.3 is 10.2 Å². The minimum Gasteiger partial charge on any atom is -0.335 e. The molecular weight excluding hydrogens is 188 g/mol. The van der Waals surface area contributed by atoms with Crippen molar-refractivity contribution in [3.05, 3.63) is 12.2 Å². The Kier molecular flexibility index (Phi) is 3.41. The molecule has 2 saturated heterocycles. The molecule has 0 saturated carbocycles. The van der Waals surface area contributed by atoms with Crippen LogP contribution in [0.25, 0.3) is 0 Å². The number of carbonyl (C=O) groups excluding carboxylic acids is 1. The first-order valence-corrected chi connectivity index (χ1v) is 5.99. The second-order valence-electron chi connectivity index (χ2n) is 4.44. The van der Waals surface area contributed by atoms with Crippen molar-refractivity contribution >= 4 is 5.91 Å². The summed E-state index contributed by atoms with van der Waals surface area (Å²) >= 11 is 0. The molecule has 0 aromatic rings. The van der Waals surface area contributed by atoms with Crippen molar-refractivity contribution in [1.29, 1.82) is 0 Å². The lowest BCUT2D eigenvalue weighted by Gasteiger charge is -2.28. The molecule has 0 radical (unpaired) electrons. The first kappa shape index (κ1) is 10.7. The number of nitrogens with one attached hydrogen (secondary N) is 1. The smallest absolute Gasteiger partial charge is 0.246 e. The van der Waals surface area contributed by atoms with Crippen molar-refractivity contribution in [2.45, 2.75) is 44.7 Å². The predicted molar refractivity (Wildman–Crippen MR) is 60.6 cm³/mol. The van der Waals surface area contributed by atoms with E-state index >= 15 is 0 Å². The largest absolute Gasteiger partial charge is 0.335 e. The van der Waals surface area contributed by atoms with Crippen LogP contribution < -0.4 is 5.32 Å². The molecule has 1 amide bonds. The van der Waals surface area contributed by atoms with Crippen molar-refractivity contribution in [2.24, 2.45) is 0 Å². The van der Waals surface area contributed by atoms with Gasteiger partial charge in [0.05, 0.1) is 0 Å². The van der Waals surface area contributed by atoms with Crippen LogP contribution in [0.1, 0.15) is 32.6 Å². The van der Waals surface area contributed by atoms with Gasteiger partial charge in [0.25, 0.3) is 0 Å². The summed E-state index contributed by atoms with van der Waals surface area (Å²) in [6.07, 6.45) is 8.33. The van der Waals surface area contributed by atoms with Crippen LogP contribution in [0.2, 0.25) is 0 Å². The van der Waals surface area contributed by atoms with Crippen LogP contribution in [0.15, 0.2) is 12.2 Å². The predicted octanol–water partition coefficient (Wildman–Crippen LogP) is 1.31. The summed E-state index contributed by atoms with van der Waals surface area (Å²) in [6.45, 7) is 3.95. The summed E-state index contributed by atoms with van der Waals surface area (Å²) in [6, 6.07) is 0.984. The Hall–Kier alpha value is -0.830. The summed E-state index contributed by atoms with van der Waals surface area (Å²) in [5.41, 5.74) is 0. The van der Waals surface area contributed by atoms with Gasteiger partial charge in [-0.1, -0.05) is 6.08 Å². The number of hydrogen-bond acceptors (Lipinski definition) is 2. The fourth-order valence-corrected chi connectivity index (χ4v) is 2.76. The van der Waals surface area contributed by atoms with Gasteiger partial charge in [-0.3, -0.25) is 4.79 Å². The second kappa shape index (κ2) is 4.79. The number of nitrogens with zero attached hydrogens (tertiary/aromatic N) is 1. The average Bonchev–Trinajstić information content (AvgIpc) is 2.88. The Morgan fingerprint density at radius 2 is 2.27 bits per heavy atom. The van der Waals surface area contributed by atoms with Crippen LogP contribution in [-0.4, -0.2) is 36.0 Å². The van der Waals surface area contributed by atoms with E-state index in [9.17, 15) is 4.79 Å². The highest BCUT2D eigenvalue weighted by Crippen LogP contribution is 2.24. The molecule has 2 rings (SSSR count). The van der Waals surface area contributed by atoms with Crippen LogP contribution in [0, 0.1) is 0 Å². The van der Waals surface area contributed by atoms with E-state index in [1.54, 1.807) is 6.08 Å². The lowest BCUT2D eigenvalue weighted by Crippen LogP contribution is -2.46. The first-order chi connectivity index (χ1) is 7.33. The van der Waals surface area contributed by atoms with Crippen molar-refractivity contribution < 1.29 is 4.79 Å². The van der Waals surface area contributed by atoms with Gasteiger partial charge >= 0.3 is 0 Å². The summed E-state index contributed by atoms with van der Waals surface area (Å²) in [5.74, 6) is 0.189. The monoisotopic (exact) mass is 208 g/mol. The fourth-order valence-electron chi connectivity index (χ4n) is 2.76. The minimum absolute atomic E-state index is 0.189. The number of carbonyl (C=O) groups is 1. The molecule has 2 fully saturated rings. The zero-order valence-corrected chi connectivity index (χ0v) is 9.41. The summed E-state index contributed by atoms with van der Waals surface area (Å²) in [5, 5.41) is 3.51. The van der Waals surface area contributed by atoms with Gasteiger partial charge in [-0.05, 0) is 45.2 Å². The Morgan fingerprint density at radius 1 is 1.40 bits per heavy atom. The molecule has 2 aliphatic rings. The Bertz CT molecular complexity index is 256. The number of allylic oxidation sites excluding steroid dienone is 1. The van der Waals surface area contributed by atoms with Crippen LogP contribution in [0.5, 0.6) is 0 Å². The molecule has 0 spiro atoms. The highest BCUT2D eigenvalue weighted by molar-refractivity contribution is 5.88. The van der Waals surface area contributed by atoms with Gasteiger partial charge in [-0.15, -0.1) is 0 Å². The molecule has 0 aromatic heterocycles. The van der Waals surface area contributed by atoms with Gasteiger partial charge in [0, 0.05) is 18.6 Å². The lowest BCUT2D eigenvalue weighted by molar-refractivity contribution is -0.127. The van der Waals surface area contributed by atoms with E-state index < -0.39 is 0 Å². The zero-order chi connectivity index (χ0) is 10.7. The van der Waals surface area contributed by atoms with Crippen molar-refractivity contribution in [3.8, 4) is 0 Å². The molecule has 0 aliphatic carbocycles. The molecule has 1 N–H and O–H groups in total. The topological polar surface area (TPSA) is 32.3 Å². The molecule has 3 heteroatoms. The highest BCUT2D eigenvalue weighted by atomic mass is 16.2. The Morgan fingerprint density at radius 3 is 2.93 bits per heavy atom. The van der Waals surface area contributed by atoms with Crippen LogP contribution in [0.4, 0.5) is 0 Å². The quantitative estimate of drug-likeness (QED) is 0.694. The normalized spacial score (nSPS) is 31.7. The van der Waals surface area contributed by atoms with E-state index in [4.69, 9.17) is 0 Å². The number of rotatable bonds is 2. The molecular formula is C12H20N2O. The van der Waals surface area contributed by atoms with Crippen LogP contribution in [-0.2, 0) is 4.79 Å². The summed E-state index contributed by atoms with van der Waals surface area (Å²) in [7, 11) is 0. The molecule has 84 valence electrons. The molecule has 2 heterocycles. The van der Waals surface area contributed by atoms with Gasteiger partial charge in [-0.2, -0.15) is 0 Å². The van der Waals surface area contributed by atoms with Gasteiger partial charge in [0.2, 0.25) is 5.91 Å². The zero-order valence-electron chi connectivity index (χ0n) is 9.41. The van der Waals surface area contributed by atoms with Crippen molar-refractivity contribution in [2.75, 3.05) is 13.1 Å². The van der Waals surface area contributed by atoms with E-state index in [2.05, 4.69) is 5.32 Å². The van der Waals surface area contributed by atoms with E-state index in [-0.39, 0.29) is 5.91 Å². The Balaban J connectivity index is 2.00. The van der Waals surface area contributed by atoms with E-state index in [1.165, 1.54) is 19.3 Å². The molecule has 2 aliphatic heterocycles. The van der Waals surface area contributed by atoms with Gasteiger partial charge in [0.1, 0.15) is 0 Å². The summed E-state index contributed by atoms with van der Waals surface area (Å²) < 4.78 is 0. The average molecular weight is 208 g/mol. The third-order valence-corrected chi connectivity index (χ3v) is 3.45. The molecule has 2 atom stereocenters. The van der Waals surface area contributed by atoms with Gasteiger partial charge in [0.15, 0.2) is 0 Å². The third-order valence-electron chi connectivity index (χ3n) is 3.45. The maximum atomic E-state index is 11.8. The van der Waals surface area contributed by atoms with Gasteiger partial charge in [-0.25, -0.2) is 0 Å². The molecule has 0 bridgehead atoms. The lowest BCUT2D eigenvalue weighted by atomic mass is 10.0. The first-order valence-electron chi connectivity index (χ1n) is 5.99. The fraction of sp³-hybridized carbons (Fsp3) is 0.750. The van der Waals surface area contributed by atoms with Crippen LogP contribution in [0.3, 0.4) is 0 Å². The molecule has 3 nitrogen and oxygen atoms in total. The summed E-state index contributed by atoms with van der Waals surface area (Å²) in [4.78, 5) is 13.9. The number of amides is 1.